The van der Waals surface area contributed by atoms with Crippen LogP contribution in [-0.2, 0) is 33.3 Å². The van der Waals surface area contributed by atoms with Crippen molar-refractivity contribution < 1.29 is 38.4 Å². The van der Waals surface area contributed by atoms with E-state index in [0.717, 1.165) is 51.4 Å². The number of aliphatic hydroxyl groups excluding tert-OH is 1. The third-order valence-electron chi connectivity index (χ3n) is 4.14. The SMILES string of the molecule is COC(=O)/C=C/C(=O)OCC(C)(CO)C(=O)OCCCCN1CCOCC1. The quantitative estimate of drug-likeness (QED) is 0.225. The molecule has 9 nitrogen and oxygen atoms in total. The summed E-state index contributed by atoms with van der Waals surface area (Å²) in [6.45, 7) is 5.02. The molecule has 1 fully saturated rings. The number of carbonyl (C=O) groups is 3. The second-order valence-electron chi connectivity index (χ2n) is 6.48. The van der Waals surface area contributed by atoms with E-state index in [1.165, 1.54) is 14.0 Å². The van der Waals surface area contributed by atoms with Gasteiger partial charge in [0, 0.05) is 25.2 Å². The summed E-state index contributed by atoms with van der Waals surface area (Å²) < 4.78 is 19.8. The van der Waals surface area contributed by atoms with E-state index in [2.05, 4.69) is 9.64 Å². The van der Waals surface area contributed by atoms with Crippen molar-refractivity contribution in [1.82, 2.24) is 4.90 Å². The molecule has 0 aliphatic carbocycles. The van der Waals surface area contributed by atoms with Gasteiger partial charge in [-0.3, -0.25) is 9.69 Å². The van der Waals surface area contributed by atoms with Crippen molar-refractivity contribution in [3.05, 3.63) is 12.2 Å². The average molecular weight is 387 g/mol. The molecule has 1 N–H and O–H groups in total. The fourth-order valence-corrected chi connectivity index (χ4v) is 2.25. The summed E-state index contributed by atoms with van der Waals surface area (Å²) in [7, 11) is 1.18. The lowest BCUT2D eigenvalue weighted by Crippen LogP contribution is -2.39. The molecule has 9 heteroatoms. The molecule has 1 aliphatic rings. The molecule has 1 unspecified atom stereocenters. The Morgan fingerprint density at radius 3 is 2.41 bits per heavy atom. The van der Waals surface area contributed by atoms with Crippen LogP contribution >= 0.6 is 0 Å². The van der Waals surface area contributed by atoms with E-state index in [1.807, 2.05) is 0 Å². The number of carbonyl (C=O) groups excluding carboxylic acids is 3. The van der Waals surface area contributed by atoms with Gasteiger partial charge in [-0.1, -0.05) is 0 Å². The van der Waals surface area contributed by atoms with Crippen molar-refractivity contribution in [2.75, 3.05) is 59.8 Å². The van der Waals surface area contributed by atoms with Crippen molar-refractivity contribution in [3.8, 4) is 0 Å². The number of unbranched alkanes of at least 4 members (excludes halogenated alkanes) is 1. The monoisotopic (exact) mass is 387 g/mol. The topological polar surface area (TPSA) is 112 Å². The van der Waals surface area contributed by atoms with Gasteiger partial charge in [-0.15, -0.1) is 0 Å². The third kappa shape index (κ3) is 8.98. The van der Waals surface area contributed by atoms with Crippen LogP contribution in [0.2, 0.25) is 0 Å². The van der Waals surface area contributed by atoms with Gasteiger partial charge in [0.1, 0.15) is 12.0 Å². The average Bonchev–Trinajstić information content (AvgIpc) is 2.70. The molecule has 1 rings (SSSR count). The van der Waals surface area contributed by atoms with Gasteiger partial charge in [-0.05, 0) is 26.3 Å². The van der Waals surface area contributed by atoms with E-state index < -0.39 is 29.9 Å². The first kappa shape index (κ1) is 23.1. The third-order valence-corrected chi connectivity index (χ3v) is 4.14. The lowest BCUT2D eigenvalue weighted by Gasteiger charge is -2.26. The number of hydrogen-bond donors (Lipinski definition) is 1. The van der Waals surface area contributed by atoms with Gasteiger partial charge in [0.2, 0.25) is 0 Å². The van der Waals surface area contributed by atoms with Crippen molar-refractivity contribution in [2.45, 2.75) is 19.8 Å². The normalized spacial score (nSPS) is 17.3. The Labute approximate surface area is 159 Å². The summed E-state index contributed by atoms with van der Waals surface area (Å²) in [6.07, 6.45) is 3.38. The standard InChI is InChI=1S/C18H29NO8/c1-18(13-20,14-27-16(22)6-5-15(21)24-2)17(23)26-10-4-3-7-19-8-11-25-12-9-19/h5-6,20H,3-4,7-14H2,1-2H3/b6-5+. The molecule has 27 heavy (non-hydrogen) atoms. The van der Waals surface area contributed by atoms with Crippen LogP contribution in [0.1, 0.15) is 19.8 Å². The zero-order valence-electron chi connectivity index (χ0n) is 16.0. The molecule has 1 aliphatic heterocycles. The number of aliphatic hydroxyl groups is 1. The molecule has 0 amide bonds. The molecular formula is C18H29NO8. The second kappa shape index (κ2) is 12.4. The summed E-state index contributed by atoms with van der Waals surface area (Å²) in [5.41, 5.74) is -1.36. The zero-order valence-corrected chi connectivity index (χ0v) is 16.0. The summed E-state index contributed by atoms with van der Waals surface area (Å²) in [5, 5.41) is 9.49. The van der Waals surface area contributed by atoms with Gasteiger partial charge >= 0.3 is 17.9 Å². The molecule has 0 aromatic carbocycles. The summed E-state index contributed by atoms with van der Waals surface area (Å²) >= 11 is 0. The highest BCUT2D eigenvalue weighted by Crippen LogP contribution is 2.19. The molecule has 1 saturated heterocycles. The van der Waals surface area contributed by atoms with Crippen LogP contribution in [-0.4, -0.2) is 87.7 Å². The number of ether oxygens (including phenoxy) is 4. The molecular weight excluding hydrogens is 358 g/mol. The van der Waals surface area contributed by atoms with Crippen molar-refractivity contribution >= 4 is 17.9 Å². The maximum absolute atomic E-state index is 12.2. The molecule has 1 atom stereocenters. The first-order valence-corrected chi connectivity index (χ1v) is 8.92. The Bertz CT molecular complexity index is 515. The highest BCUT2D eigenvalue weighted by Gasteiger charge is 2.36. The molecule has 0 radical (unpaired) electrons. The maximum atomic E-state index is 12.2. The second-order valence-corrected chi connectivity index (χ2v) is 6.48. The first-order chi connectivity index (χ1) is 12.9. The molecule has 0 aromatic heterocycles. The fraction of sp³-hybridized carbons (Fsp3) is 0.722. The van der Waals surface area contributed by atoms with E-state index in [9.17, 15) is 19.5 Å². The molecule has 1 heterocycles. The predicted octanol–water partition coefficient (Wildman–Crippen LogP) is -0.0870. The van der Waals surface area contributed by atoms with Crippen molar-refractivity contribution in [2.24, 2.45) is 5.41 Å². The molecule has 0 spiro atoms. The minimum absolute atomic E-state index is 0.231. The van der Waals surface area contributed by atoms with E-state index in [0.29, 0.717) is 6.42 Å². The molecule has 0 aromatic rings. The number of rotatable bonds is 11. The Morgan fingerprint density at radius 2 is 1.78 bits per heavy atom. The molecule has 0 bridgehead atoms. The minimum atomic E-state index is -1.36. The molecule has 0 saturated carbocycles. The Hall–Kier alpha value is -1.97. The van der Waals surface area contributed by atoms with Crippen LogP contribution in [0.3, 0.4) is 0 Å². The lowest BCUT2D eigenvalue weighted by atomic mass is 9.93. The van der Waals surface area contributed by atoms with Gasteiger partial charge in [0.05, 0.1) is 33.5 Å². The molecule has 154 valence electrons. The summed E-state index contributed by atoms with van der Waals surface area (Å²) in [6, 6.07) is 0. The van der Waals surface area contributed by atoms with Crippen LogP contribution in [0, 0.1) is 5.41 Å². The van der Waals surface area contributed by atoms with Gasteiger partial charge < -0.3 is 24.1 Å². The Kier molecular flexibility index (Phi) is 10.6. The first-order valence-electron chi connectivity index (χ1n) is 8.92. The Balaban J connectivity index is 2.28. The van der Waals surface area contributed by atoms with Gasteiger partial charge in [0.25, 0.3) is 0 Å². The van der Waals surface area contributed by atoms with E-state index in [4.69, 9.17) is 14.2 Å². The minimum Gasteiger partial charge on any atom is -0.466 e. The highest BCUT2D eigenvalue weighted by molar-refractivity contribution is 5.91. The maximum Gasteiger partial charge on any atom is 0.331 e. The zero-order chi connectivity index (χ0) is 20.1. The van der Waals surface area contributed by atoms with Crippen LogP contribution in [0.4, 0.5) is 0 Å². The van der Waals surface area contributed by atoms with Crippen molar-refractivity contribution in [3.63, 3.8) is 0 Å². The summed E-state index contributed by atoms with van der Waals surface area (Å²) in [5.74, 6) is -2.16. The Morgan fingerprint density at radius 1 is 1.11 bits per heavy atom. The van der Waals surface area contributed by atoms with Gasteiger partial charge in [-0.25, -0.2) is 9.59 Å². The smallest absolute Gasteiger partial charge is 0.331 e. The highest BCUT2D eigenvalue weighted by atomic mass is 16.6. The van der Waals surface area contributed by atoms with Crippen LogP contribution < -0.4 is 0 Å². The number of hydrogen-bond acceptors (Lipinski definition) is 9. The largest absolute Gasteiger partial charge is 0.466 e. The van der Waals surface area contributed by atoms with Gasteiger partial charge in [-0.2, -0.15) is 0 Å². The van der Waals surface area contributed by atoms with E-state index >= 15 is 0 Å². The van der Waals surface area contributed by atoms with E-state index in [1.54, 1.807) is 0 Å². The van der Waals surface area contributed by atoms with Gasteiger partial charge in [0.15, 0.2) is 0 Å². The fourth-order valence-electron chi connectivity index (χ4n) is 2.25. The number of methoxy groups -OCH3 is 1. The van der Waals surface area contributed by atoms with Crippen LogP contribution in [0.5, 0.6) is 0 Å². The number of esters is 3. The lowest BCUT2D eigenvalue weighted by molar-refractivity contribution is -0.164. The van der Waals surface area contributed by atoms with E-state index in [-0.39, 0.29) is 13.2 Å². The van der Waals surface area contributed by atoms with Crippen molar-refractivity contribution in [1.29, 1.82) is 0 Å². The number of nitrogens with zero attached hydrogens (tertiary/aromatic N) is 1. The predicted molar refractivity (Wildman–Crippen MR) is 94.8 cm³/mol. The number of morpholine rings is 1. The van der Waals surface area contributed by atoms with Crippen LogP contribution in [0.15, 0.2) is 12.2 Å². The summed E-state index contributed by atoms with van der Waals surface area (Å²) in [4.78, 5) is 36.9. The van der Waals surface area contributed by atoms with Crippen LogP contribution in [0.25, 0.3) is 0 Å².